The Morgan fingerprint density at radius 3 is 2.43 bits per heavy atom. The molecule has 0 heterocycles. The summed E-state index contributed by atoms with van der Waals surface area (Å²) < 4.78 is 0. The summed E-state index contributed by atoms with van der Waals surface area (Å²) in [6.07, 6.45) is 6.53. The van der Waals surface area contributed by atoms with Gasteiger partial charge >= 0.3 is 0 Å². The summed E-state index contributed by atoms with van der Waals surface area (Å²) in [4.78, 5) is 0. The van der Waals surface area contributed by atoms with Gasteiger partial charge < -0.3 is 0 Å². The van der Waals surface area contributed by atoms with Crippen molar-refractivity contribution < 1.29 is 0 Å². The van der Waals surface area contributed by atoms with Gasteiger partial charge in [-0.05, 0) is 36.5 Å². The van der Waals surface area contributed by atoms with Gasteiger partial charge in [0.05, 0.1) is 0 Å². The topological polar surface area (TPSA) is 0 Å². The van der Waals surface area contributed by atoms with Crippen molar-refractivity contribution in [1.82, 2.24) is 0 Å². The first-order chi connectivity index (χ1) is 6.47. The SMILES string of the molecule is CCCC(C)(C)C1CCC(C)CC1Cl. The molecule has 0 aromatic rings. The van der Waals surface area contributed by atoms with Crippen LogP contribution < -0.4 is 0 Å². The Morgan fingerprint density at radius 1 is 1.29 bits per heavy atom. The Labute approximate surface area is 94.4 Å². The van der Waals surface area contributed by atoms with Gasteiger partial charge in [-0.15, -0.1) is 11.6 Å². The maximum atomic E-state index is 6.50. The highest BCUT2D eigenvalue weighted by molar-refractivity contribution is 6.20. The highest BCUT2D eigenvalue weighted by Gasteiger charge is 2.37. The molecule has 84 valence electrons. The Bertz CT molecular complexity index is 174. The fourth-order valence-electron chi connectivity index (χ4n) is 3.02. The van der Waals surface area contributed by atoms with Crippen LogP contribution in [-0.4, -0.2) is 5.38 Å². The standard InChI is InChI=1S/C13H25Cl/c1-5-8-13(3,4)11-7-6-10(2)9-12(11)14/h10-12H,5-9H2,1-4H3. The lowest BCUT2D eigenvalue weighted by molar-refractivity contribution is 0.131. The third-order valence-electron chi connectivity index (χ3n) is 3.93. The van der Waals surface area contributed by atoms with E-state index in [0.717, 1.165) is 11.8 Å². The van der Waals surface area contributed by atoms with Crippen LogP contribution in [0.2, 0.25) is 0 Å². The van der Waals surface area contributed by atoms with Crippen LogP contribution in [0.25, 0.3) is 0 Å². The molecule has 0 saturated heterocycles. The van der Waals surface area contributed by atoms with Crippen LogP contribution in [0.15, 0.2) is 0 Å². The van der Waals surface area contributed by atoms with E-state index in [1.807, 2.05) is 0 Å². The molecule has 1 aliphatic rings. The number of hydrogen-bond acceptors (Lipinski definition) is 0. The number of rotatable bonds is 3. The molecule has 0 N–H and O–H groups in total. The predicted octanol–water partition coefficient (Wildman–Crippen LogP) is 4.86. The predicted molar refractivity (Wildman–Crippen MR) is 64.8 cm³/mol. The monoisotopic (exact) mass is 216 g/mol. The molecule has 0 aromatic heterocycles. The second kappa shape index (κ2) is 4.88. The van der Waals surface area contributed by atoms with Gasteiger partial charge in [0, 0.05) is 5.38 Å². The smallest absolute Gasteiger partial charge is 0.0371 e. The molecular formula is C13H25Cl. The molecule has 3 atom stereocenters. The molecule has 1 fully saturated rings. The van der Waals surface area contributed by atoms with E-state index >= 15 is 0 Å². The summed E-state index contributed by atoms with van der Waals surface area (Å²) >= 11 is 6.50. The molecule has 0 amide bonds. The van der Waals surface area contributed by atoms with Gasteiger partial charge in [0.1, 0.15) is 0 Å². The summed E-state index contributed by atoms with van der Waals surface area (Å²) in [5.41, 5.74) is 0.446. The molecule has 0 radical (unpaired) electrons. The van der Waals surface area contributed by atoms with Gasteiger partial charge in [0.15, 0.2) is 0 Å². The van der Waals surface area contributed by atoms with Crippen LogP contribution in [0.4, 0.5) is 0 Å². The van der Waals surface area contributed by atoms with Crippen molar-refractivity contribution in [3.63, 3.8) is 0 Å². The lowest BCUT2D eigenvalue weighted by atomic mass is 9.67. The molecule has 1 rings (SSSR count). The van der Waals surface area contributed by atoms with Gasteiger partial charge in [-0.25, -0.2) is 0 Å². The first kappa shape index (κ1) is 12.4. The molecule has 0 bridgehead atoms. The zero-order valence-electron chi connectivity index (χ0n) is 10.1. The van der Waals surface area contributed by atoms with Crippen molar-refractivity contribution in [2.75, 3.05) is 0 Å². The molecule has 14 heavy (non-hydrogen) atoms. The minimum Gasteiger partial charge on any atom is -0.123 e. The third-order valence-corrected chi connectivity index (χ3v) is 4.42. The van der Waals surface area contributed by atoms with E-state index in [4.69, 9.17) is 11.6 Å². The first-order valence-corrected chi connectivity index (χ1v) is 6.55. The average Bonchev–Trinajstić information content (AvgIpc) is 2.02. The summed E-state index contributed by atoms with van der Waals surface area (Å²) in [5.74, 6) is 1.58. The van der Waals surface area contributed by atoms with Crippen molar-refractivity contribution in [1.29, 1.82) is 0 Å². The van der Waals surface area contributed by atoms with Crippen molar-refractivity contribution >= 4 is 11.6 Å². The van der Waals surface area contributed by atoms with Crippen LogP contribution in [0.5, 0.6) is 0 Å². The number of alkyl halides is 1. The fourth-order valence-corrected chi connectivity index (χ4v) is 3.79. The molecule has 1 aliphatic carbocycles. The van der Waals surface area contributed by atoms with E-state index < -0.39 is 0 Å². The van der Waals surface area contributed by atoms with Gasteiger partial charge in [0.2, 0.25) is 0 Å². The lowest BCUT2D eigenvalue weighted by Crippen LogP contribution is -2.35. The van der Waals surface area contributed by atoms with Crippen LogP contribution in [0, 0.1) is 17.3 Å². The normalized spacial score (nSPS) is 34.5. The second-order valence-electron chi connectivity index (χ2n) is 5.78. The largest absolute Gasteiger partial charge is 0.123 e. The van der Waals surface area contributed by atoms with E-state index in [1.165, 1.54) is 32.1 Å². The van der Waals surface area contributed by atoms with E-state index in [9.17, 15) is 0 Å². The highest BCUT2D eigenvalue weighted by atomic mass is 35.5. The van der Waals surface area contributed by atoms with E-state index in [-0.39, 0.29) is 0 Å². The van der Waals surface area contributed by atoms with E-state index in [1.54, 1.807) is 0 Å². The summed E-state index contributed by atoms with van der Waals surface area (Å²) in [7, 11) is 0. The summed E-state index contributed by atoms with van der Waals surface area (Å²) in [6.45, 7) is 9.40. The van der Waals surface area contributed by atoms with Crippen molar-refractivity contribution in [2.24, 2.45) is 17.3 Å². The minimum atomic E-state index is 0.417. The molecule has 1 heteroatoms. The van der Waals surface area contributed by atoms with Crippen molar-refractivity contribution in [2.45, 2.75) is 65.2 Å². The number of halogens is 1. The maximum absolute atomic E-state index is 6.50. The number of hydrogen-bond donors (Lipinski definition) is 0. The Kier molecular flexibility index (Phi) is 4.30. The van der Waals surface area contributed by atoms with Crippen LogP contribution in [0.1, 0.15) is 59.8 Å². The van der Waals surface area contributed by atoms with Gasteiger partial charge in [-0.2, -0.15) is 0 Å². The zero-order valence-corrected chi connectivity index (χ0v) is 10.9. The van der Waals surface area contributed by atoms with Crippen LogP contribution >= 0.6 is 11.6 Å². The third kappa shape index (κ3) is 2.89. The molecule has 0 aliphatic heterocycles. The fraction of sp³-hybridized carbons (Fsp3) is 1.00. The Balaban J connectivity index is 2.58. The van der Waals surface area contributed by atoms with Gasteiger partial charge in [0.25, 0.3) is 0 Å². The highest BCUT2D eigenvalue weighted by Crippen LogP contribution is 2.44. The quantitative estimate of drug-likeness (QED) is 0.592. The zero-order chi connectivity index (χ0) is 10.8. The van der Waals surface area contributed by atoms with E-state index in [0.29, 0.717) is 10.8 Å². The molecule has 0 nitrogen and oxygen atoms in total. The molecular weight excluding hydrogens is 192 g/mol. The maximum Gasteiger partial charge on any atom is 0.0371 e. The Morgan fingerprint density at radius 2 is 1.93 bits per heavy atom. The Hall–Kier alpha value is 0.290. The van der Waals surface area contributed by atoms with Crippen molar-refractivity contribution in [3.05, 3.63) is 0 Å². The van der Waals surface area contributed by atoms with Gasteiger partial charge in [-0.1, -0.05) is 40.5 Å². The van der Waals surface area contributed by atoms with Gasteiger partial charge in [-0.3, -0.25) is 0 Å². The molecule has 3 unspecified atom stereocenters. The summed E-state index contributed by atoms with van der Waals surface area (Å²) in [6, 6.07) is 0. The first-order valence-electron chi connectivity index (χ1n) is 6.11. The minimum absolute atomic E-state index is 0.417. The summed E-state index contributed by atoms with van der Waals surface area (Å²) in [5, 5.41) is 0.417. The molecule has 0 spiro atoms. The van der Waals surface area contributed by atoms with Crippen LogP contribution in [0.3, 0.4) is 0 Å². The average molecular weight is 217 g/mol. The second-order valence-corrected chi connectivity index (χ2v) is 6.34. The van der Waals surface area contributed by atoms with Crippen molar-refractivity contribution in [3.8, 4) is 0 Å². The van der Waals surface area contributed by atoms with E-state index in [2.05, 4.69) is 27.7 Å². The molecule has 0 aromatic carbocycles. The lowest BCUT2D eigenvalue weighted by Gasteiger charge is -2.42. The van der Waals surface area contributed by atoms with Crippen LogP contribution in [-0.2, 0) is 0 Å². The molecule has 1 saturated carbocycles.